The third kappa shape index (κ3) is 2.53. The van der Waals surface area contributed by atoms with E-state index in [1.807, 2.05) is 0 Å². The third-order valence-electron chi connectivity index (χ3n) is 3.16. The van der Waals surface area contributed by atoms with Gasteiger partial charge in [-0.15, -0.1) is 0 Å². The normalized spacial score (nSPS) is 24.6. The summed E-state index contributed by atoms with van der Waals surface area (Å²) < 4.78 is 38.2. The zero-order chi connectivity index (χ0) is 13.6. The predicted octanol–water partition coefficient (Wildman–Crippen LogP) is 2.25. The van der Waals surface area contributed by atoms with Crippen molar-refractivity contribution in [2.45, 2.75) is 25.1 Å². The van der Waals surface area contributed by atoms with E-state index in [1.165, 1.54) is 6.07 Å². The van der Waals surface area contributed by atoms with Crippen LogP contribution in [0.4, 0.5) is 24.5 Å². The quantitative estimate of drug-likeness (QED) is 0.761. The van der Waals surface area contributed by atoms with Crippen LogP contribution in [0.25, 0.3) is 0 Å². The molecule has 1 aliphatic heterocycles. The van der Waals surface area contributed by atoms with Gasteiger partial charge in [-0.3, -0.25) is 0 Å². The van der Waals surface area contributed by atoms with Gasteiger partial charge in [0.2, 0.25) is 0 Å². The molecule has 0 spiro atoms. The van der Waals surface area contributed by atoms with E-state index in [2.05, 4.69) is 0 Å². The van der Waals surface area contributed by atoms with E-state index in [-0.39, 0.29) is 5.69 Å². The number of nitrogens with zero attached hydrogens (tertiary/aromatic N) is 1. The van der Waals surface area contributed by atoms with Crippen molar-refractivity contribution in [1.82, 2.24) is 0 Å². The first kappa shape index (κ1) is 13.0. The molecule has 1 saturated heterocycles. The summed E-state index contributed by atoms with van der Waals surface area (Å²) in [6.07, 6.45) is -3.92. The van der Waals surface area contributed by atoms with E-state index >= 15 is 0 Å². The van der Waals surface area contributed by atoms with Crippen molar-refractivity contribution in [2.75, 3.05) is 23.7 Å². The van der Waals surface area contributed by atoms with Gasteiger partial charge in [-0.25, -0.2) is 0 Å². The van der Waals surface area contributed by atoms with E-state index in [0.29, 0.717) is 25.2 Å². The van der Waals surface area contributed by atoms with Gasteiger partial charge >= 0.3 is 6.18 Å². The number of benzene rings is 1. The van der Waals surface area contributed by atoms with Crippen molar-refractivity contribution >= 4 is 11.4 Å². The van der Waals surface area contributed by atoms with E-state index < -0.39 is 17.3 Å². The molecule has 1 aromatic carbocycles. The van der Waals surface area contributed by atoms with Crippen molar-refractivity contribution in [1.29, 1.82) is 0 Å². The lowest BCUT2D eigenvalue weighted by Crippen LogP contribution is -2.29. The summed E-state index contributed by atoms with van der Waals surface area (Å²) in [5.41, 5.74) is 3.82. The summed E-state index contributed by atoms with van der Waals surface area (Å²) in [7, 11) is 0. The number of nitrogen functional groups attached to an aromatic ring is 1. The molecular weight excluding hydrogens is 245 g/mol. The number of hydrogen-bond acceptors (Lipinski definition) is 3. The molecule has 0 aliphatic carbocycles. The molecule has 0 bridgehead atoms. The van der Waals surface area contributed by atoms with E-state index in [1.54, 1.807) is 17.9 Å². The molecule has 1 atom stereocenters. The SMILES string of the molecule is CC1(O)CCN(c2ccc(N)c(C(F)(F)F)c2)C1. The van der Waals surface area contributed by atoms with Crippen LogP contribution >= 0.6 is 0 Å². The lowest BCUT2D eigenvalue weighted by Gasteiger charge is -2.22. The minimum absolute atomic E-state index is 0.280. The maximum absolute atomic E-state index is 12.7. The van der Waals surface area contributed by atoms with Gasteiger partial charge in [-0.05, 0) is 31.5 Å². The highest BCUT2D eigenvalue weighted by atomic mass is 19.4. The average molecular weight is 260 g/mol. The maximum Gasteiger partial charge on any atom is 0.418 e. The summed E-state index contributed by atoms with van der Waals surface area (Å²) in [5, 5.41) is 9.82. The molecule has 100 valence electrons. The Kier molecular flexibility index (Phi) is 2.93. The van der Waals surface area contributed by atoms with Crippen molar-refractivity contribution in [3.05, 3.63) is 23.8 Å². The molecule has 18 heavy (non-hydrogen) atoms. The lowest BCUT2D eigenvalue weighted by molar-refractivity contribution is -0.136. The molecule has 0 amide bonds. The van der Waals surface area contributed by atoms with Crippen molar-refractivity contribution in [2.24, 2.45) is 0 Å². The van der Waals surface area contributed by atoms with Crippen molar-refractivity contribution in [3.63, 3.8) is 0 Å². The monoisotopic (exact) mass is 260 g/mol. The van der Waals surface area contributed by atoms with Crippen LogP contribution in [-0.2, 0) is 6.18 Å². The van der Waals surface area contributed by atoms with Gasteiger partial charge in [0.05, 0.1) is 11.2 Å². The van der Waals surface area contributed by atoms with Crippen LogP contribution in [0.5, 0.6) is 0 Å². The molecule has 1 aromatic rings. The fraction of sp³-hybridized carbons (Fsp3) is 0.500. The van der Waals surface area contributed by atoms with Gasteiger partial charge in [-0.2, -0.15) is 13.2 Å². The van der Waals surface area contributed by atoms with E-state index in [9.17, 15) is 18.3 Å². The molecule has 6 heteroatoms. The van der Waals surface area contributed by atoms with Crippen LogP contribution in [0, 0.1) is 0 Å². The maximum atomic E-state index is 12.7. The molecule has 1 fully saturated rings. The second kappa shape index (κ2) is 4.05. The van der Waals surface area contributed by atoms with Gasteiger partial charge in [-0.1, -0.05) is 0 Å². The minimum atomic E-state index is -4.46. The number of nitrogens with two attached hydrogens (primary N) is 1. The number of aliphatic hydroxyl groups is 1. The van der Waals surface area contributed by atoms with E-state index in [4.69, 9.17) is 5.73 Å². The van der Waals surface area contributed by atoms with Gasteiger partial charge in [0, 0.05) is 24.5 Å². The fourth-order valence-electron chi connectivity index (χ4n) is 2.15. The van der Waals surface area contributed by atoms with Crippen molar-refractivity contribution in [3.8, 4) is 0 Å². The Morgan fingerprint density at radius 1 is 1.39 bits per heavy atom. The smallest absolute Gasteiger partial charge is 0.398 e. The van der Waals surface area contributed by atoms with E-state index in [0.717, 1.165) is 6.07 Å². The first-order chi connectivity index (χ1) is 8.19. The molecule has 0 saturated carbocycles. The largest absolute Gasteiger partial charge is 0.418 e. The molecular formula is C12H15F3N2O. The Balaban J connectivity index is 2.31. The third-order valence-corrected chi connectivity index (χ3v) is 3.16. The summed E-state index contributed by atoms with van der Waals surface area (Å²) in [6, 6.07) is 3.84. The molecule has 0 radical (unpaired) electrons. The van der Waals surface area contributed by atoms with Gasteiger partial charge in [0.1, 0.15) is 0 Å². The molecule has 0 aromatic heterocycles. The van der Waals surface area contributed by atoms with Crippen LogP contribution < -0.4 is 10.6 Å². The van der Waals surface area contributed by atoms with Gasteiger partial charge in [0.15, 0.2) is 0 Å². The summed E-state index contributed by atoms with van der Waals surface area (Å²) in [4.78, 5) is 1.73. The number of β-amino-alcohol motifs (C(OH)–C–C–N with tert-alkyl or cyclic N) is 1. The van der Waals surface area contributed by atoms with Gasteiger partial charge in [0.25, 0.3) is 0 Å². The van der Waals surface area contributed by atoms with Crippen LogP contribution in [0.3, 0.4) is 0 Å². The number of halogens is 3. The first-order valence-corrected chi connectivity index (χ1v) is 5.63. The second-order valence-corrected chi connectivity index (χ2v) is 4.94. The molecule has 1 unspecified atom stereocenters. The molecule has 3 nitrogen and oxygen atoms in total. The number of hydrogen-bond donors (Lipinski definition) is 2. The number of anilines is 2. The minimum Gasteiger partial charge on any atom is -0.398 e. The second-order valence-electron chi connectivity index (χ2n) is 4.94. The number of alkyl halides is 3. The standard InChI is InChI=1S/C12H15F3N2O/c1-11(18)4-5-17(7-11)8-2-3-10(16)9(6-8)12(13,14)15/h2-3,6,18H,4-5,7,16H2,1H3. The topological polar surface area (TPSA) is 49.5 Å². The predicted molar refractivity (Wildman–Crippen MR) is 63.3 cm³/mol. The Morgan fingerprint density at radius 3 is 2.56 bits per heavy atom. The van der Waals surface area contributed by atoms with Crippen LogP contribution in [0.1, 0.15) is 18.9 Å². The first-order valence-electron chi connectivity index (χ1n) is 5.63. The zero-order valence-electron chi connectivity index (χ0n) is 9.96. The molecule has 1 heterocycles. The Hall–Kier alpha value is -1.43. The summed E-state index contributed by atoms with van der Waals surface area (Å²) in [5.74, 6) is 0. The summed E-state index contributed by atoms with van der Waals surface area (Å²) in [6.45, 7) is 2.54. The zero-order valence-corrected chi connectivity index (χ0v) is 9.96. The summed E-state index contributed by atoms with van der Waals surface area (Å²) >= 11 is 0. The Morgan fingerprint density at radius 2 is 2.06 bits per heavy atom. The van der Waals surface area contributed by atoms with Crippen molar-refractivity contribution < 1.29 is 18.3 Å². The molecule has 3 N–H and O–H groups in total. The molecule has 2 rings (SSSR count). The van der Waals surface area contributed by atoms with Gasteiger partial charge < -0.3 is 15.7 Å². The highest BCUT2D eigenvalue weighted by Gasteiger charge is 2.35. The molecule has 1 aliphatic rings. The lowest BCUT2D eigenvalue weighted by atomic mass is 10.1. The highest BCUT2D eigenvalue weighted by Crippen LogP contribution is 2.37. The Labute approximate surface area is 103 Å². The number of rotatable bonds is 1. The fourth-order valence-corrected chi connectivity index (χ4v) is 2.15. The van der Waals surface area contributed by atoms with Crippen LogP contribution in [-0.4, -0.2) is 23.8 Å². The Bertz CT molecular complexity index is 457. The van der Waals surface area contributed by atoms with Crippen LogP contribution in [0.15, 0.2) is 18.2 Å². The average Bonchev–Trinajstić information content (AvgIpc) is 2.58. The van der Waals surface area contributed by atoms with Crippen LogP contribution in [0.2, 0.25) is 0 Å². The highest BCUT2D eigenvalue weighted by molar-refractivity contribution is 5.60.